The number of thiazole rings is 1. The summed E-state index contributed by atoms with van der Waals surface area (Å²) in [7, 11) is 0. The molecule has 0 aliphatic heterocycles. The van der Waals surface area contributed by atoms with E-state index < -0.39 is 5.60 Å². The summed E-state index contributed by atoms with van der Waals surface area (Å²) >= 11 is 1.68. The maximum Gasteiger partial charge on any atom is 0.124 e. The molecular weight excluding hydrogens is 182 g/mol. The van der Waals surface area contributed by atoms with Gasteiger partial charge in [-0.05, 0) is 39.5 Å². The average Bonchev–Trinajstić information content (AvgIpc) is 2.45. The predicted octanol–water partition coefficient (Wildman–Crippen LogP) is 2.25. The molecule has 1 aromatic heterocycles. The van der Waals surface area contributed by atoms with Crippen molar-refractivity contribution in [2.75, 3.05) is 0 Å². The molecule has 72 valence electrons. The first kappa shape index (κ1) is 9.16. The Balaban J connectivity index is 2.36. The lowest BCUT2D eigenvalue weighted by molar-refractivity contribution is 0.0781. The summed E-state index contributed by atoms with van der Waals surface area (Å²) in [6, 6.07) is 0. The molecule has 0 spiro atoms. The minimum Gasteiger partial charge on any atom is -0.383 e. The van der Waals surface area contributed by atoms with E-state index in [1.807, 2.05) is 0 Å². The highest BCUT2D eigenvalue weighted by atomic mass is 32.1. The molecule has 3 heteroatoms. The van der Waals surface area contributed by atoms with Gasteiger partial charge in [-0.1, -0.05) is 0 Å². The van der Waals surface area contributed by atoms with Crippen LogP contribution in [-0.2, 0) is 18.4 Å². The summed E-state index contributed by atoms with van der Waals surface area (Å²) in [4.78, 5) is 5.88. The van der Waals surface area contributed by atoms with Crippen molar-refractivity contribution in [3.05, 3.63) is 15.6 Å². The monoisotopic (exact) mass is 197 g/mol. The summed E-state index contributed by atoms with van der Waals surface area (Å²) in [6.45, 7) is 3.61. The van der Waals surface area contributed by atoms with Crippen molar-refractivity contribution in [1.29, 1.82) is 0 Å². The zero-order valence-electron chi connectivity index (χ0n) is 8.13. The van der Waals surface area contributed by atoms with Crippen molar-refractivity contribution in [2.24, 2.45) is 0 Å². The van der Waals surface area contributed by atoms with Crippen LogP contribution >= 0.6 is 11.3 Å². The molecule has 1 N–H and O–H groups in total. The quantitative estimate of drug-likeness (QED) is 0.749. The minimum absolute atomic E-state index is 0.762. The van der Waals surface area contributed by atoms with Crippen molar-refractivity contribution in [3.63, 3.8) is 0 Å². The first-order valence-corrected chi connectivity index (χ1v) is 5.60. The van der Waals surface area contributed by atoms with Crippen LogP contribution in [0.5, 0.6) is 0 Å². The van der Waals surface area contributed by atoms with E-state index in [9.17, 15) is 5.11 Å². The Morgan fingerprint density at radius 3 is 2.62 bits per heavy atom. The van der Waals surface area contributed by atoms with Gasteiger partial charge in [-0.15, -0.1) is 11.3 Å². The largest absolute Gasteiger partial charge is 0.383 e. The Labute approximate surface area is 82.6 Å². The zero-order chi connectivity index (χ0) is 9.47. The number of fused-ring (bicyclic) bond motifs is 1. The molecule has 2 rings (SSSR count). The second-order valence-electron chi connectivity index (χ2n) is 4.16. The lowest BCUT2D eigenvalue weighted by atomic mass is 10.0. The standard InChI is InChI=1S/C10H15NOS/c1-10(2,12)9-11-7-5-3-4-6-8(7)13-9/h12H,3-6H2,1-2H3. The van der Waals surface area contributed by atoms with Crippen molar-refractivity contribution >= 4 is 11.3 Å². The Morgan fingerprint density at radius 1 is 1.31 bits per heavy atom. The third kappa shape index (κ3) is 1.76. The summed E-state index contributed by atoms with van der Waals surface area (Å²) in [5.41, 5.74) is 0.468. The van der Waals surface area contributed by atoms with Crippen LogP contribution in [0.15, 0.2) is 0 Å². The minimum atomic E-state index is -0.762. The van der Waals surface area contributed by atoms with Gasteiger partial charge >= 0.3 is 0 Å². The van der Waals surface area contributed by atoms with Crippen molar-refractivity contribution in [3.8, 4) is 0 Å². The molecule has 0 radical (unpaired) electrons. The predicted molar refractivity (Wildman–Crippen MR) is 54.0 cm³/mol. The highest BCUT2D eigenvalue weighted by Crippen LogP contribution is 2.31. The van der Waals surface area contributed by atoms with E-state index in [0.29, 0.717) is 0 Å². The lowest BCUT2D eigenvalue weighted by Crippen LogP contribution is -2.14. The maximum absolute atomic E-state index is 9.79. The first-order valence-electron chi connectivity index (χ1n) is 4.79. The number of aromatic nitrogens is 1. The normalized spacial score (nSPS) is 17.2. The van der Waals surface area contributed by atoms with Crippen molar-refractivity contribution in [2.45, 2.75) is 45.1 Å². The highest BCUT2D eigenvalue weighted by molar-refractivity contribution is 7.11. The van der Waals surface area contributed by atoms with Gasteiger partial charge in [0.2, 0.25) is 0 Å². The van der Waals surface area contributed by atoms with E-state index in [2.05, 4.69) is 4.98 Å². The van der Waals surface area contributed by atoms with E-state index in [1.165, 1.54) is 23.4 Å². The van der Waals surface area contributed by atoms with E-state index in [4.69, 9.17) is 0 Å². The fraction of sp³-hybridized carbons (Fsp3) is 0.700. The molecule has 0 atom stereocenters. The van der Waals surface area contributed by atoms with E-state index in [1.54, 1.807) is 25.2 Å². The number of nitrogens with zero attached hydrogens (tertiary/aromatic N) is 1. The molecule has 0 fully saturated rings. The molecule has 13 heavy (non-hydrogen) atoms. The summed E-state index contributed by atoms with van der Waals surface area (Å²) < 4.78 is 0. The SMILES string of the molecule is CC(C)(O)c1nc2c(s1)CCCC2. The van der Waals surface area contributed by atoms with Gasteiger partial charge in [0.1, 0.15) is 10.6 Å². The van der Waals surface area contributed by atoms with Gasteiger partial charge in [0, 0.05) is 4.88 Å². The van der Waals surface area contributed by atoms with E-state index in [0.717, 1.165) is 17.8 Å². The summed E-state index contributed by atoms with van der Waals surface area (Å²) in [5, 5.41) is 10.7. The second kappa shape index (κ2) is 3.07. The van der Waals surface area contributed by atoms with Crippen molar-refractivity contribution in [1.82, 2.24) is 4.98 Å². The highest BCUT2D eigenvalue weighted by Gasteiger charge is 2.24. The topological polar surface area (TPSA) is 33.1 Å². The smallest absolute Gasteiger partial charge is 0.124 e. The van der Waals surface area contributed by atoms with Gasteiger partial charge in [-0.25, -0.2) is 4.98 Å². The van der Waals surface area contributed by atoms with Crippen LogP contribution in [0.2, 0.25) is 0 Å². The Hall–Kier alpha value is -0.410. The number of aliphatic hydroxyl groups is 1. The molecule has 0 unspecified atom stereocenters. The van der Waals surface area contributed by atoms with Gasteiger partial charge < -0.3 is 5.11 Å². The molecule has 1 aromatic rings. The van der Waals surface area contributed by atoms with E-state index >= 15 is 0 Å². The fourth-order valence-electron chi connectivity index (χ4n) is 1.61. The first-order chi connectivity index (χ1) is 6.07. The van der Waals surface area contributed by atoms with Gasteiger partial charge in [0.05, 0.1) is 5.69 Å². The van der Waals surface area contributed by atoms with Gasteiger partial charge in [0.25, 0.3) is 0 Å². The van der Waals surface area contributed by atoms with Gasteiger partial charge in [0.15, 0.2) is 0 Å². The molecule has 0 bridgehead atoms. The number of hydrogen-bond donors (Lipinski definition) is 1. The molecule has 2 nitrogen and oxygen atoms in total. The van der Waals surface area contributed by atoms with Crippen molar-refractivity contribution < 1.29 is 5.11 Å². The summed E-state index contributed by atoms with van der Waals surface area (Å²) in [5.74, 6) is 0. The third-order valence-corrected chi connectivity index (χ3v) is 3.84. The molecule has 0 saturated heterocycles. The molecule has 1 heterocycles. The lowest BCUT2D eigenvalue weighted by Gasteiger charge is -2.12. The molecule has 0 saturated carbocycles. The fourth-order valence-corrected chi connectivity index (χ4v) is 2.76. The number of aryl methyl sites for hydroxylation is 2. The molecular formula is C10H15NOS. The Kier molecular flexibility index (Phi) is 2.16. The van der Waals surface area contributed by atoms with Crippen LogP contribution in [0, 0.1) is 0 Å². The number of rotatable bonds is 1. The van der Waals surface area contributed by atoms with Crippen LogP contribution in [0.1, 0.15) is 42.3 Å². The Bertz CT molecular complexity index is 288. The van der Waals surface area contributed by atoms with E-state index in [-0.39, 0.29) is 0 Å². The molecule has 0 aromatic carbocycles. The zero-order valence-corrected chi connectivity index (χ0v) is 8.95. The molecule has 1 aliphatic rings. The van der Waals surface area contributed by atoms with Crippen LogP contribution in [0.3, 0.4) is 0 Å². The van der Waals surface area contributed by atoms with Crippen LogP contribution in [0.4, 0.5) is 0 Å². The van der Waals surface area contributed by atoms with Crippen LogP contribution < -0.4 is 0 Å². The third-order valence-electron chi connectivity index (χ3n) is 2.37. The van der Waals surface area contributed by atoms with Crippen LogP contribution in [-0.4, -0.2) is 10.1 Å². The average molecular weight is 197 g/mol. The second-order valence-corrected chi connectivity index (χ2v) is 5.24. The van der Waals surface area contributed by atoms with Crippen LogP contribution in [0.25, 0.3) is 0 Å². The molecule has 0 amide bonds. The number of hydrogen-bond acceptors (Lipinski definition) is 3. The van der Waals surface area contributed by atoms with Gasteiger partial charge in [-0.3, -0.25) is 0 Å². The summed E-state index contributed by atoms with van der Waals surface area (Å²) in [6.07, 6.45) is 4.79. The Morgan fingerprint density at radius 2 is 2.00 bits per heavy atom. The maximum atomic E-state index is 9.79. The van der Waals surface area contributed by atoms with Gasteiger partial charge in [-0.2, -0.15) is 0 Å². The molecule has 1 aliphatic carbocycles.